The Morgan fingerprint density at radius 2 is 1.86 bits per heavy atom. The molecule has 0 unspecified atom stereocenters. The van der Waals surface area contributed by atoms with Gasteiger partial charge in [0.05, 0.1) is 12.3 Å². The summed E-state index contributed by atoms with van der Waals surface area (Å²) in [6.07, 6.45) is 1.22. The summed E-state index contributed by atoms with van der Waals surface area (Å²) in [5.41, 5.74) is 0.816. The molecule has 1 aliphatic heterocycles. The lowest BCUT2D eigenvalue weighted by Gasteiger charge is -2.32. The number of hydrogen-bond acceptors (Lipinski definition) is 4. The summed E-state index contributed by atoms with van der Waals surface area (Å²) in [4.78, 5) is 22.8. The summed E-state index contributed by atoms with van der Waals surface area (Å²) in [7, 11) is 0. The number of amides is 1. The van der Waals surface area contributed by atoms with Crippen molar-refractivity contribution in [1.82, 2.24) is 5.32 Å². The highest BCUT2D eigenvalue weighted by atomic mass is 79.9. The van der Waals surface area contributed by atoms with Crippen LogP contribution in [0.5, 0.6) is 11.5 Å². The molecule has 1 amide bonds. The summed E-state index contributed by atoms with van der Waals surface area (Å²) in [6, 6.07) is 3.57. The van der Waals surface area contributed by atoms with Crippen molar-refractivity contribution in [1.29, 1.82) is 0 Å². The summed E-state index contributed by atoms with van der Waals surface area (Å²) < 4.78 is 11.8. The fraction of sp³-hybridized carbons (Fsp3) is 0.467. The van der Waals surface area contributed by atoms with Crippen molar-refractivity contribution in [3.8, 4) is 11.5 Å². The van der Waals surface area contributed by atoms with E-state index in [1.807, 2.05) is 0 Å². The van der Waals surface area contributed by atoms with Crippen LogP contribution in [0.25, 0.3) is 0 Å². The van der Waals surface area contributed by atoms with Gasteiger partial charge >= 0.3 is 5.97 Å². The number of nitrogens with one attached hydrogen (secondary N) is 1. The minimum Gasteiger partial charge on any atom is -0.486 e. The molecule has 3 rings (SSSR count). The van der Waals surface area contributed by atoms with E-state index in [-0.39, 0.29) is 24.3 Å². The van der Waals surface area contributed by atoms with Gasteiger partial charge in [0.25, 0.3) is 0 Å². The number of carboxylic acids is 1. The standard InChI is InChI=1S/C15H16BrNO5/c16-11-7-13-12(21-1-2-22-13)5-8(11)6-14(18)17-10-3-9(4-10)15(19)20/h5,7,9-10H,1-4,6H2,(H,17,18)(H,19,20). The maximum absolute atomic E-state index is 12.1. The van der Waals surface area contributed by atoms with Gasteiger partial charge in [-0.1, -0.05) is 15.9 Å². The second-order valence-corrected chi connectivity index (χ2v) is 6.39. The molecule has 22 heavy (non-hydrogen) atoms. The molecule has 0 bridgehead atoms. The van der Waals surface area contributed by atoms with Crippen LogP contribution in [0.4, 0.5) is 0 Å². The first kappa shape index (κ1) is 15.1. The smallest absolute Gasteiger partial charge is 0.306 e. The van der Waals surface area contributed by atoms with Crippen LogP contribution in [-0.2, 0) is 16.0 Å². The molecule has 0 atom stereocenters. The lowest BCUT2D eigenvalue weighted by molar-refractivity contribution is -0.146. The van der Waals surface area contributed by atoms with E-state index in [0.717, 1.165) is 10.0 Å². The summed E-state index contributed by atoms with van der Waals surface area (Å²) in [6.45, 7) is 1.02. The monoisotopic (exact) mass is 369 g/mol. The van der Waals surface area contributed by atoms with Crippen molar-refractivity contribution in [3.05, 3.63) is 22.2 Å². The van der Waals surface area contributed by atoms with Crippen molar-refractivity contribution < 1.29 is 24.2 Å². The highest BCUT2D eigenvalue weighted by Crippen LogP contribution is 2.36. The van der Waals surface area contributed by atoms with Crippen molar-refractivity contribution in [2.75, 3.05) is 13.2 Å². The van der Waals surface area contributed by atoms with E-state index in [9.17, 15) is 9.59 Å². The van der Waals surface area contributed by atoms with Gasteiger partial charge in [0, 0.05) is 10.5 Å². The summed E-state index contributed by atoms with van der Waals surface area (Å²) >= 11 is 3.44. The van der Waals surface area contributed by atoms with Crippen LogP contribution in [0.3, 0.4) is 0 Å². The molecular formula is C15H16BrNO5. The number of benzene rings is 1. The van der Waals surface area contributed by atoms with Gasteiger partial charge in [-0.25, -0.2) is 0 Å². The first-order chi connectivity index (χ1) is 10.5. The molecule has 6 nitrogen and oxygen atoms in total. The molecule has 2 N–H and O–H groups in total. The van der Waals surface area contributed by atoms with E-state index >= 15 is 0 Å². The number of halogens is 1. The lowest BCUT2D eigenvalue weighted by atomic mass is 9.80. The van der Waals surface area contributed by atoms with Crippen LogP contribution >= 0.6 is 15.9 Å². The normalized spacial score (nSPS) is 22.6. The number of rotatable bonds is 4. The fourth-order valence-corrected chi connectivity index (χ4v) is 3.09. The van der Waals surface area contributed by atoms with Crippen LogP contribution in [0.1, 0.15) is 18.4 Å². The molecule has 1 aliphatic carbocycles. The van der Waals surface area contributed by atoms with Crippen molar-refractivity contribution >= 4 is 27.8 Å². The topological polar surface area (TPSA) is 84.9 Å². The molecule has 1 saturated carbocycles. The molecule has 1 fully saturated rings. The Morgan fingerprint density at radius 3 is 2.50 bits per heavy atom. The van der Waals surface area contributed by atoms with Crippen molar-refractivity contribution in [2.24, 2.45) is 5.92 Å². The van der Waals surface area contributed by atoms with Crippen molar-refractivity contribution in [3.63, 3.8) is 0 Å². The zero-order valence-corrected chi connectivity index (χ0v) is 13.4. The highest BCUT2D eigenvalue weighted by Gasteiger charge is 2.35. The molecule has 1 aromatic carbocycles. The molecule has 0 saturated heterocycles. The first-order valence-corrected chi connectivity index (χ1v) is 7.92. The van der Waals surface area contributed by atoms with Crippen LogP contribution < -0.4 is 14.8 Å². The van der Waals surface area contributed by atoms with Crippen LogP contribution in [0, 0.1) is 5.92 Å². The Morgan fingerprint density at radius 1 is 1.23 bits per heavy atom. The van der Waals surface area contributed by atoms with E-state index in [0.29, 0.717) is 37.6 Å². The SMILES string of the molecule is O=C(Cc1cc2c(cc1Br)OCCO2)NC1CC(C(=O)O)C1. The Balaban J connectivity index is 1.59. The van der Waals surface area contributed by atoms with Crippen molar-refractivity contribution in [2.45, 2.75) is 25.3 Å². The zero-order chi connectivity index (χ0) is 15.7. The average molecular weight is 370 g/mol. The molecule has 118 valence electrons. The minimum absolute atomic E-state index is 0.0374. The van der Waals surface area contributed by atoms with E-state index in [1.54, 1.807) is 12.1 Å². The zero-order valence-electron chi connectivity index (χ0n) is 11.8. The maximum Gasteiger partial charge on any atom is 0.306 e. The van der Waals surface area contributed by atoms with E-state index in [2.05, 4.69) is 21.2 Å². The predicted octanol–water partition coefficient (Wildman–Crippen LogP) is 1.74. The van der Waals surface area contributed by atoms with Gasteiger partial charge in [0.1, 0.15) is 13.2 Å². The molecule has 0 radical (unpaired) electrons. The summed E-state index contributed by atoms with van der Waals surface area (Å²) in [5, 5.41) is 11.7. The number of carbonyl (C=O) groups excluding carboxylic acids is 1. The maximum atomic E-state index is 12.1. The highest BCUT2D eigenvalue weighted by molar-refractivity contribution is 9.10. The Labute approximate surface area is 135 Å². The largest absolute Gasteiger partial charge is 0.486 e. The molecule has 1 aromatic rings. The Hall–Kier alpha value is -1.76. The third kappa shape index (κ3) is 3.19. The molecule has 7 heteroatoms. The number of fused-ring (bicyclic) bond motifs is 1. The molecule has 0 aromatic heterocycles. The minimum atomic E-state index is -0.792. The number of aliphatic carboxylic acids is 1. The number of ether oxygens (including phenoxy) is 2. The van der Waals surface area contributed by atoms with Gasteiger partial charge < -0.3 is 19.9 Å². The van der Waals surface area contributed by atoms with Gasteiger partial charge in [-0.2, -0.15) is 0 Å². The Kier molecular flexibility index (Phi) is 4.24. The number of hydrogen-bond donors (Lipinski definition) is 2. The van der Waals surface area contributed by atoms with Gasteiger partial charge in [-0.05, 0) is 30.5 Å². The van der Waals surface area contributed by atoms with Gasteiger partial charge in [0.2, 0.25) is 5.91 Å². The third-order valence-electron chi connectivity index (χ3n) is 3.91. The third-order valence-corrected chi connectivity index (χ3v) is 4.65. The Bertz CT molecular complexity index is 612. The van der Waals surface area contributed by atoms with Crippen LogP contribution in [0.15, 0.2) is 16.6 Å². The number of carbonyl (C=O) groups is 2. The first-order valence-electron chi connectivity index (χ1n) is 7.13. The summed E-state index contributed by atoms with van der Waals surface area (Å²) in [5.74, 6) is 0.0787. The predicted molar refractivity (Wildman–Crippen MR) is 81.1 cm³/mol. The van der Waals surface area contributed by atoms with Gasteiger partial charge in [-0.3, -0.25) is 9.59 Å². The second kappa shape index (κ2) is 6.16. The average Bonchev–Trinajstić information content (AvgIpc) is 2.42. The van der Waals surface area contributed by atoms with E-state index in [1.165, 1.54) is 0 Å². The molecular weight excluding hydrogens is 354 g/mol. The number of carboxylic acid groups (broad SMARTS) is 1. The van der Waals surface area contributed by atoms with Crippen LogP contribution in [0.2, 0.25) is 0 Å². The molecule has 1 heterocycles. The van der Waals surface area contributed by atoms with E-state index in [4.69, 9.17) is 14.6 Å². The van der Waals surface area contributed by atoms with E-state index < -0.39 is 5.97 Å². The molecule has 2 aliphatic rings. The lowest BCUT2D eigenvalue weighted by Crippen LogP contribution is -2.47. The van der Waals surface area contributed by atoms with Gasteiger partial charge in [0.15, 0.2) is 11.5 Å². The second-order valence-electron chi connectivity index (χ2n) is 5.54. The van der Waals surface area contributed by atoms with Gasteiger partial charge in [-0.15, -0.1) is 0 Å². The fourth-order valence-electron chi connectivity index (χ4n) is 2.63. The molecule has 0 spiro atoms. The quantitative estimate of drug-likeness (QED) is 0.844. The van der Waals surface area contributed by atoms with Crippen LogP contribution in [-0.4, -0.2) is 36.2 Å².